The lowest BCUT2D eigenvalue weighted by atomic mass is 10.3. The molecule has 0 heterocycles. The van der Waals surface area contributed by atoms with E-state index in [0.29, 0.717) is 0 Å². The minimum Gasteiger partial charge on any atom is -0.494 e. The highest BCUT2D eigenvalue weighted by Gasteiger charge is 1.95. The van der Waals surface area contributed by atoms with Gasteiger partial charge in [0.1, 0.15) is 5.75 Å². The molecule has 0 aliphatic carbocycles. The van der Waals surface area contributed by atoms with Crippen LogP contribution >= 0.6 is 0 Å². The molecule has 0 bridgehead atoms. The van der Waals surface area contributed by atoms with Gasteiger partial charge in [-0.15, -0.1) is 0 Å². The maximum absolute atomic E-state index is 5.56. The van der Waals surface area contributed by atoms with E-state index < -0.39 is 0 Å². The zero-order chi connectivity index (χ0) is 11.6. The molecule has 0 aromatic heterocycles. The van der Waals surface area contributed by atoms with E-state index >= 15 is 0 Å². The first-order valence-electron chi connectivity index (χ1n) is 5.82. The van der Waals surface area contributed by atoms with Crippen LogP contribution in [0.4, 0.5) is 5.69 Å². The fourth-order valence-electron chi connectivity index (χ4n) is 1.36. The lowest BCUT2D eigenvalue weighted by Crippen LogP contribution is -2.04. The van der Waals surface area contributed by atoms with Crippen LogP contribution < -0.4 is 10.1 Å². The largest absolute Gasteiger partial charge is 0.494 e. The summed E-state index contributed by atoms with van der Waals surface area (Å²) in [5.74, 6) is 0.929. The predicted octanol–water partition coefficient (Wildman–Crippen LogP) is 2.92. The molecular formula is C13H21NO2. The smallest absolute Gasteiger partial charge is 0.121 e. The SMILES string of the molecule is CCCOc1cccc(NCCCOC)c1. The van der Waals surface area contributed by atoms with Crippen molar-refractivity contribution in [2.75, 3.05) is 32.2 Å². The molecule has 0 saturated heterocycles. The minimum atomic E-state index is 0.771. The molecule has 0 unspecified atom stereocenters. The Labute approximate surface area is 97.8 Å². The Morgan fingerprint density at radius 3 is 2.88 bits per heavy atom. The zero-order valence-corrected chi connectivity index (χ0v) is 10.2. The molecule has 3 heteroatoms. The lowest BCUT2D eigenvalue weighted by Gasteiger charge is -2.09. The van der Waals surface area contributed by atoms with Crippen LogP contribution in [0.25, 0.3) is 0 Å². The summed E-state index contributed by atoms with van der Waals surface area (Å²) in [5, 5.41) is 3.34. The number of ether oxygens (including phenoxy) is 2. The highest BCUT2D eigenvalue weighted by Crippen LogP contribution is 2.17. The van der Waals surface area contributed by atoms with Gasteiger partial charge in [0.15, 0.2) is 0 Å². The Morgan fingerprint density at radius 2 is 2.12 bits per heavy atom. The van der Waals surface area contributed by atoms with Gasteiger partial charge in [-0.2, -0.15) is 0 Å². The van der Waals surface area contributed by atoms with Gasteiger partial charge in [0.25, 0.3) is 0 Å². The highest BCUT2D eigenvalue weighted by atomic mass is 16.5. The molecule has 1 aromatic rings. The predicted molar refractivity (Wildman–Crippen MR) is 67.2 cm³/mol. The van der Waals surface area contributed by atoms with Gasteiger partial charge in [0.2, 0.25) is 0 Å². The van der Waals surface area contributed by atoms with Gasteiger partial charge in [-0.3, -0.25) is 0 Å². The lowest BCUT2D eigenvalue weighted by molar-refractivity contribution is 0.198. The molecule has 90 valence electrons. The fourth-order valence-corrected chi connectivity index (χ4v) is 1.36. The molecular weight excluding hydrogens is 202 g/mol. The van der Waals surface area contributed by atoms with Crippen molar-refractivity contribution >= 4 is 5.69 Å². The van der Waals surface area contributed by atoms with E-state index in [-0.39, 0.29) is 0 Å². The number of anilines is 1. The minimum absolute atomic E-state index is 0.771. The summed E-state index contributed by atoms with van der Waals surface area (Å²) < 4.78 is 10.6. The molecule has 1 aromatic carbocycles. The van der Waals surface area contributed by atoms with Crippen LogP contribution in [0, 0.1) is 0 Å². The van der Waals surface area contributed by atoms with Crippen LogP contribution in [0.2, 0.25) is 0 Å². The van der Waals surface area contributed by atoms with Crippen LogP contribution in [-0.2, 0) is 4.74 Å². The van der Waals surface area contributed by atoms with Crippen molar-refractivity contribution in [3.63, 3.8) is 0 Å². The van der Waals surface area contributed by atoms with Crippen LogP contribution in [0.5, 0.6) is 5.75 Å². The van der Waals surface area contributed by atoms with Crippen molar-refractivity contribution in [2.45, 2.75) is 19.8 Å². The molecule has 16 heavy (non-hydrogen) atoms. The van der Waals surface area contributed by atoms with Gasteiger partial charge in [0, 0.05) is 32.0 Å². The first kappa shape index (κ1) is 12.8. The summed E-state index contributed by atoms with van der Waals surface area (Å²) in [7, 11) is 1.72. The molecule has 0 saturated carbocycles. The van der Waals surface area contributed by atoms with E-state index in [4.69, 9.17) is 9.47 Å². The molecule has 0 spiro atoms. The Morgan fingerprint density at radius 1 is 1.25 bits per heavy atom. The van der Waals surface area contributed by atoms with Crippen molar-refractivity contribution in [3.8, 4) is 5.75 Å². The molecule has 0 radical (unpaired) electrons. The molecule has 0 fully saturated rings. The second-order valence-electron chi connectivity index (χ2n) is 3.65. The zero-order valence-electron chi connectivity index (χ0n) is 10.2. The normalized spacial score (nSPS) is 10.1. The van der Waals surface area contributed by atoms with E-state index in [1.807, 2.05) is 24.3 Å². The Balaban J connectivity index is 2.35. The number of hydrogen-bond acceptors (Lipinski definition) is 3. The van der Waals surface area contributed by atoms with Gasteiger partial charge in [-0.25, -0.2) is 0 Å². The Bertz CT molecular complexity index is 289. The summed E-state index contributed by atoms with van der Waals surface area (Å²) in [6.45, 7) is 4.59. The standard InChI is InChI=1S/C13H21NO2/c1-3-9-16-13-7-4-6-12(11-13)14-8-5-10-15-2/h4,6-7,11,14H,3,5,8-10H2,1-2H3. The third-order valence-electron chi connectivity index (χ3n) is 2.16. The number of nitrogens with one attached hydrogen (secondary N) is 1. The highest BCUT2D eigenvalue weighted by molar-refractivity contribution is 5.48. The van der Waals surface area contributed by atoms with E-state index in [1.54, 1.807) is 7.11 Å². The van der Waals surface area contributed by atoms with Crippen molar-refractivity contribution in [1.29, 1.82) is 0 Å². The van der Waals surface area contributed by atoms with E-state index in [1.165, 1.54) is 0 Å². The fraction of sp³-hybridized carbons (Fsp3) is 0.538. The average Bonchev–Trinajstić information content (AvgIpc) is 2.33. The number of methoxy groups -OCH3 is 1. The van der Waals surface area contributed by atoms with Crippen LogP contribution in [0.15, 0.2) is 24.3 Å². The number of hydrogen-bond donors (Lipinski definition) is 1. The van der Waals surface area contributed by atoms with Gasteiger partial charge >= 0.3 is 0 Å². The van der Waals surface area contributed by atoms with Gasteiger partial charge in [-0.1, -0.05) is 13.0 Å². The van der Waals surface area contributed by atoms with Crippen LogP contribution in [0.1, 0.15) is 19.8 Å². The summed E-state index contributed by atoms with van der Waals surface area (Å²) in [6.07, 6.45) is 2.04. The van der Waals surface area contributed by atoms with Crippen molar-refractivity contribution < 1.29 is 9.47 Å². The van der Waals surface area contributed by atoms with Crippen LogP contribution in [-0.4, -0.2) is 26.9 Å². The third-order valence-corrected chi connectivity index (χ3v) is 2.16. The Kier molecular flexibility index (Phi) is 6.42. The second-order valence-corrected chi connectivity index (χ2v) is 3.65. The average molecular weight is 223 g/mol. The van der Waals surface area contributed by atoms with Gasteiger partial charge in [-0.05, 0) is 25.0 Å². The van der Waals surface area contributed by atoms with Crippen molar-refractivity contribution in [3.05, 3.63) is 24.3 Å². The molecule has 0 amide bonds. The van der Waals surface area contributed by atoms with Crippen LogP contribution in [0.3, 0.4) is 0 Å². The first-order chi connectivity index (χ1) is 7.86. The molecule has 1 N–H and O–H groups in total. The van der Waals surface area contributed by atoms with Crippen molar-refractivity contribution in [2.24, 2.45) is 0 Å². The Hall–Kier alpha value is -1.22. The summed E-state index contributed by atoms with van der Waals surface area (Å²) >= 11 is 0. The quantitative estimate of drug-likeness (QED) is 0.687. The topological polar surface area (TPSA) is 30.5 Å². The number of benzene rings is 1. The third kappa shape index (κ3) is 5.03. The summed E-state index contributed by atoms with van der Waals surface area (Å²) in [4.78, 5) is 0. The molecule has 1 rings (SSSR count). The number of rotatable bonds is 8. The maximum Gasteiger partial charge on any atom is 0.121 e. The molecule has 0 aliphatic rings. The monoisotopic (exact) mass is 223 g/mol. The molecule has 3 nitrogen and oxygen atoms in total. The van der Waals surface area contributed by atoms with Gasteiger partial charge < -0.3 is 14.8 Å². The summed E-state index contributed by atoms with van der Waals surface area (Å²) in [5.41, 5.74) is 1.10. The second kappa shape index (κ2) is 7.99. The summed E-state index contributed by atoms with van der Waals surface area (Å²) in [6, 6.07) is 8.06. The van der Waals surface area contributed by atoms with Crippen molar-refractivity contribution in [1.82, 2.24) is 0 Å². The first-order valence-corrected chi connectivity index (χ1v) is 5.82. The van der Waals surface area contributed by atoms with E-state index in [9.17, 15) is 0 Å². The molecule has 0 aliphatic heterocycles. The molecule has 0 atom stereocenters. The van der Waals surface area contributed by atoms with Gasteiger partial charge in [0.05, 0.1) is 6.61 Å². The van der Waals surface area contributed by atoms with E-state index in [0.717, 1.165) is 44.0 Å². The maximum atomic E-state index is 5.56. The van der Waals surface area contributed by atoms with E-state index in [2.05, 4.69) is 12.2 Å².